The number of carbonyl (C=O) groups is 1. The molecule has 5 nitrogen and oxygen atoms in total. The van der Waals surface area contributed by atoms with Gasteiger partial charge in [0.2, 0.25) is 0 Å². The van der Waals surface area contributed by atoms with E-state index < -0.39 is 0 Å². The molecule has 1 saturated heterocycles. The fourth-order valence-electron chi connectivity index (χ4n) is 4.02. The summed E-state index contributed by atoms with van der Waals surface area (Å²) in [5.41, 5.74) is 1.12. The van der Waals surface area contributed by atoms with Gasteiger partial charge in [0.1, 0.15) is 18.1 Å². The van der Waals surface area contributed by atoms with Gasteiger partial charge in [0.15, 0.2) is 5.76 Å². The van der Waals surface area contributed by atoms with Gasteiger partial charge in [-0.2, -0.15) is 0 Å². The number of amides is 1. The van der Waals surface area contributed by atoms with Crippen LogP contribution in [0, 0.1) is 0 Å². The molecular formula is C26H23ClN2O3. The smallest absolute Gasteiger partial charge is 0.289 e. The molecule has 3 aromatic carbocycles. The minimum atomic E-state index is -0.0860. The molecule has 32 heavy (non-hydrogen) atoms. The third-order valence-corrected chi connectivity index (χ3v) is 6.00. The summed E-state index contributed by atoms with van der Waals surface area (Å²) in [6, 6.07) is 25.4. The van der Waals surface area contributed by atoms with E-state index in [2.05, 4.69) is 17.0 Å². The van der Waals surface area contributed by atoms with Crippen LogP contribution < -0.4 is 9.64 Å². The molecule has 1 aliphatic rings. The Bertz CT molecular complexity index is 1220. The lowest BCUT2D eigenvalue weighted by Gasteiger charge is -2.35. The number of rotatable bonds is 5. The van der Waals surface area contributed by atoms with E-state index in [-0.39, 0.29) is 12.5 Å². The number of carbonyl (C=O) groups excluding carboxylic acids is 1. The van der Waals surface area contributed by atoms with Gasteiger partial charge in [0, 0.05) is 42.3 Å². The van der Waals surface area contributed by atoms with E-state index in [0.29, 0.717) is 24.6 Å². The van der Waals surface area contributed by atoms with Crippen molar-refractivity contribution in [1.29, 1.82) is 0 Å². The van der Waals surface area contributed by atoms with Gasteiger partial charge in [-0.25, -0.2) is 0 Å². The quantitative estimate of drug-likeness (QED) is 0.398. The molecule has 0 N–H and O–H groups in total. The molecule has 1 aromatic heterocycles. The Hall–Kier alpha value is -3.44. The molecular weight excluding hydrogens is 424 g/mol. The largest absolute Gasteiger partial charge is 0.485 e. The molecule has 0 atom stereocenters. The molecule has 5 rings (SSSR count). The molecule has 0 spiro atoms. The van der Waals surface area contributed by atoms with Gasteiger partial charge in [-0.1, -0.05) is 48.0 Å². The molecule has 0 radical (unpaired) electrons. The maximum atomic E-state index is 12.9. The molecule has 0 aliphatic carbocycles. The first-order chi connectivity index (χ1) is 15.7. The maximum absolute atomic E-state index is 12.9. The van der Waals surface area contributed by atoms with Crippen molar-refractivity contribution < 1.29 is 13.9 Å². The lowest BCUT2D eigenvalue weighted by molar-refractivity contribution is 0.0710. The van der Waals surface area contributed by atoms with E-state index >= 15 is 0 Å². The zero-order valence-electron chi connectivity index (χ0n) is 17.5. The number of ether oxygens (including phenoxy) is 1. The van der Waals surface area contributed by atoms with E-state index in [1.54, 1.807) is 6.07 Å². The zero-order chi connectivity index (χ0) is 21.9. The Balaban J connectivity index is 1.19. The lowest BCUT2D eigenvalue weighted by atomic mass is 10.1. The van der Waals surface area contributed by atoms with E-state index in [1.165, 1.54) is 0 Å². The summed E-state index contributed by atoms with van der Waals surface area (Å²) in [5.74, 6) is 1.69. The summed E-state index contributed by atoms with van der Waals surface area (Å²) in [5, 5.41) is 2.90. The van der Waals surface area contributed by atoms with Crippen molar-refractivity contribution in [2.24, 2.45) is 0 Å². The van der Waals surface area contributed by atoms with Gasteiger partial charge in [0.25, 0.3) is 5.91 Å². The number of halogens is 1. The normalized spacial score (nSPS) is 14.0. The minimum Gasteiger partial charge on any atom is -0.485 e. The Labute approximate surface area is 191 Å². The zero-order valence-corrected chi connectivity index (χ0v) is 18.3. The van der Waals surface area contributed by atoms with E-state index in [4.69, 9.17) is 20.8 Å². The first-order valence-electron chi connectivity index (χ1n) is 10.7. The van der Waals surface area contributed by atoms with Gasteiger partial charge < -0.3 is 19.0 Å². The number of nitrogens with zero attached hydrogens (tertiary/aromatic N) is 2. The number of hydrogen-bond donors (Lipinski definition) is 0. The van der Waals surface area contributed by atoms with E-state index in [1.807, 2.05) is 65.6 Å². The third-order valence-electron chi connectivity index (χ3n) is 5.75. The summed E-state index contributed by atoms with van der Waals surface area (Å²) in [6.45, 7) is 3.09. The number of anilines is 1. The standard InChI is InChI=1S/C26H23ClN2O3/c27-20-8-10-21(11-9-20)28-14-16-29(17-15-28)26(30)25-13-12-22(32-25)18-31-24-7-3-5-19-4-1-2-6-23(19)24/h1-13H,14-18H2. The van der Waals surface area contributed by atoms with Crippen LogP contribution in [0.4, 0.5) is 5.69 Å². The topological polar surface area (TPSA) is 45.9 Å². The molecule has 162 valence electrons. The molecule has 1 aliphatic heterocycles. The van der Waals surface area contributed by atoms with Crippen molar-refractivity contribution in [3.8, 4) is 5.75 Å². The Morgan fingerprint density at radius 3 is 2.44 bits per heavy atom. The average molecular weight is 447 g/mol. The number of benzene rings is 3. The van der Waals surface area contributed by atoms with Gasteiger partial charge in [-0.15, -0.1) is 0 Å². The summed E-state index contributed by atoms with van der Waals surface area (Å²) in [7, 11) is 0. The second kappa shape index (κ2) is 8.97. The van der Waals surface area contributed by atoms with Gasteiger partial charge in [-0.3, -0.25) is 4.79 Å². The van der Waals surface area contributed by atoms with Gasteiger partial charge in [0.05, 0.1) is 0 Å². The fourth-order valence-corrected chi connectivity index (χ4v) is 4.14. The average Bonchev–Trinajstić information content (AvgIpc) is 3.32. The molecule has 0 saturated carbocycles. The number of furan rings is 1. The molecule has 0 bridgehead atoms. The van der Waals surface area contributed by atoms with Crippen LogP contribution in [0.15, 0.2) is 83.3 Å². The highest BCUT2D eigenvalue weighted by Crippen LogP contribution is 2.26. The third kappa shape index (κ3) is 4.30. The highest BCUT2D eigenvalue weighted by Gasteiger charge is 2.24. The van der Waals surface area contributed by atoms with Crippen molar-refractivity contribution in [3.05, 3.63) is 95.4 Å². The molecule has 0 unspecified atom stereocenters. The van der Waals surface area contributed by atoms with Crippen molar-refractivity contribution in [3.63, 3.8) is 0 Å². The number of hydrogen-bond acceptors (Lipinski definition) is 4. The SMILES string of the molecule is O=C(c1ccc(COc2cccc3ccccc23)o1)N1CCN(c2ccc(Cl)cc2)CC1. The van der Waals surface area contributed by atoms with Crippen LogP contribution in [0.1, 0.15) is 16.3 Å². The predicted molar refractivity (Wildman–Crippen MR) is 127 cm³/mol. The summed E-state index contributed by atoms with van der Waals surface area (Å²) in [4.78, 5) is 17.0. The Morgan fingerprint density at radius 2 is 1.62 bits per heavy atom. The van der Waals surface area contributed by atoms with Crippen LogP contribution >= 0.6 is 11.6 Å². The van der Waals surface area contributed by atoms with Gasteiger partial charge in [-0.05, 0) is 47.9 Å². The minimum absolute atomic E-state index is 0.0860. The van der Waals surface area contributed by atoms with Crippen molar-refractivity contribution in [2.45, 2.75) is 6.61 Å². The lowest BCUT2D eigenvalue weighted by Crippen LogP contribution is -2.48. The highest BCUT2D eigenvalue weighted by molar-refractivity contribution is 6.30. The van der Waals surface area contributed by atoms with Crippen LogP contribution in [0.5, 0.6) is 5.75 Å². The number of fused-ring (bicyclic) bond motifs is 1. The Kier molecular flexibility index (Phi) is 5.73. The monoisotopic (exact) mass is 446 g/mol. The summed E-state index contributed by atoms with van der Waals surface area (Å²) in [6.07, 6.45) is 0. The number of piperazine rings is 1. The second-order valence-electron chi connectivity index (χ2n) is 7.79. The van der Waals surface area contributed by atoms with Crippen LogP contribution in [0.25, 0.3) is 10.8 Å². The first-order valence-corrected chi connectivity index (χ1v) is 11.0. The molecule has 1 amide bonds. The second-order valence-corrected chi connectivity index (χ2v) is 8.22. The Morgan fingerprint density at radius 1 is 0.875 bits per heavy atom. The maximum Gasteiger partial charge on any atom is 0.289 e. The van der Waals surface area contributed by atoms with Crippen LogP contribution in [-0.2, 0) is 6.61 Å². The van der Waals surface area contributed by atoms with E-state index in [9.17, 15) is 4.79 Å². The molecule has 4 aromatic rings. The summed E-state index contributed by atoms with van der Waals surface area (Å²) < 4.78 is 11.8. The van der Waals surface area contributed by atoms with Crippen molar-refractivity contribution in [1.82, 2.24) is 4.90 Å². The van der Waals surface area contributed by atoms with Crippen molar-refractivity contribution >= 4 is 34.0 Å². The van der Waals surface area contributed by atoms with Crippen molar-refractivity contribution in [2.75, 3.05) is 31.1 Å². The molecule has 1 fully saturated rings. The predicted octanol–water partition coefficient (Wildman–Crippen LogP) is 5.63. The van der Waals surface area contributed by atoms with Crippen LogP contribution in [0.3, 0.4) is 0 Å². The van der Waals surface area contributed by atoms with Crippen LogP contribution in [0.2, 0.25) is 5.02 Å². The molecule has 2 heterocycles. The summed E-state index contributed by atoms with van der Waals surface area (Å²) >= 11 is 5.98. The van der Waals surface area contributed by atoms with Crippen LogP contribution in [-0.4, -0.2) is 37.0 Å². The van der Waals surface area contributed by atoms with E-state index in [0.717, 1.165) is 40.3 Å². The first kappa shape index (κ1) is 20.5. The van der Waals surface area contributed by atoms with Gasteiger partial charge >= 0.3 is 0 Å². The fraction of sp³-hybridized carbons (Fsp3) is 0.192. The highest BCUT2D eigenvalue weighted by atomic mass is 35.5. The molecule has 6 heteroatoms.